The van der Waals surface area contributed by atoms with Crippen LogP contribution in [-0.4, -0.2) is 50.5 Å². The zero-order chi connectivity index (χ0) is 29.4. The van der Waals surface area contributed by atoms with Crippen molar-refractivity contribution in [1.29, 1.82) is 0 Å². The number of amides is 2. The molecule has 0 heterocycles. The van der Waals surface area contributed by atoms with E-state index in [1.807, 2.05) is 44.2 Å². The molecule has 2 amide bonds. The van der Waals surface area contributed by atoms with Gasteiger partial charge in [0, 0.05) is 30.6 Å². The fraction of sp³-hybridized carbons (Fsp3) is 0.310. The summed E-state index contributed by atoms with van der Waals surface area (Å²) in [5, 5.41) is 3.24. The van der Waals surface area contributed by atoms with Gasteiger partial charge in [-0.2, -0.15) is 0 Å². The van der Waals surface area contributed by atoms with E-state index in [1.54, 1.807) is 24.3 Å². The van der Waals surface area contributed by atoms with Crippen LogP contribution in [0.25, 0.3) is 0 Å². The van der Waals surface area contributed by atoms with Gasteiger partial charge in [-0.3, -0.25) is 13.9 Å². The molecule has 0 spiro atoms. The lowest BCUT2D eigenvalue weighted by molar-refractivity contribution is -0.140. The number of halogens is 3. The quantitative estimate of drug-likeness (QED) is 0.328. The van der Waals surface area contributed by atoms with Crippen LogP contribution in [0.4, 0.5) is 14.5 Å². The number of hydrogen-bond acceptors (Lipinski definition) is 4. The smallest absolute Gasteiger partial charge is 0.244 e. The van der Waals surface area contributed by atoms with Gasteiger partial charge in [-0.15, -0.1) is 0 Å². The summed E-state index contributed by atoms with van der Waals surface area (Å²) < 4.78 is 53.7. The number of nitrogens with one attached hydrogen (secondary N) is 1. The Balaban J connectivity index is 2.07. The lowest BCUT2D eigenvalue weighted by atomic mass is 10.0. The molecule has 0 radical (unpaired) electrons. The molecule has 11 heteroatoms. The largest absolute Gasteiger partial charge is 0.354 e. The zero-order valence-corrected chi connectivity index (χ0v) is 24.1. The molecule has 0 aliphatic carbocycles. The van der Waals surface area contributed by atoms with Crippen LogP contribution in [0.3, 0.4) is 0 Å². The van der Waals surface area contributed by atoms with Gasteiger partial charge in [0.25, 0.3) is 0 Å². The fourth-order valence-electron chi connectivity index (χ4n) is 4.04. The van der Waals surface area contributed by atoms with Gasteiger partial charge in [-0.25, -0.2) is 17.2 Å². The van der Waals surface area contributed by atoms with Crippen molar-refractivity contribution in [3.8, 4) is 0 Å². The molecule has 3 aromatic carbocycles. The van der Waals surface area contributed by atoms with Gasteiger partial charge in [0.05, 0.1) is 11.9 Å². The van der Waals surface area contributed by atoms with Crippen molar-refractivity contribution < 1.29 is 26.8 Å². The van der Waals surface area contributed by atoms with E-state index < -0.39 is 46.1 Å². The van der Waals surface area contributed by atoms with E-state index in [0.717, 1.165) is 24.0 Å². The monoisotopic (exact) mass is 591 g/mol. The Morgan fingerprint density at radius 1 is 0.950 bits per heavy atom. The van der Waals surface area contributed by atoms with Gasteiger partial charge in [-0.1, -0.05) is 74.0 Å². The third-order valence-electron chi connectivity index (χ3n) is 6.12. The van der Waals surface area contributed by atoms with E-state index in [1.165, 1.54) is 4.90 Å². The first kappa shape index (κ1) is 31.0. The first-order chi connectivity index (χ1) is 18.9. The van der Waals surface area contributed by atoms with Crippen molar-refractivity contribution in [3.05, 3.63) is 101 Å². The van der Waals surface area contributed by atoms with Gasteiger partial charge in [0.1, 0.15) is 12.6 Å². The molecular formula is C29H32ClF2N3O4S. The summed E-state index contributed by atoms with van der Waals surface area (Å²) in [4.78, 5) is 28.8. The van der Waals surface area contributed by atoms with E-state index >= 15 is 0 Å². The first-order valence-electron chi connectivity index (χ1n) is 12.6. The van der Waals surface area contributed by atoms with E-state index in [4.69, 9.17) is 11.6 Å². The second kappa shape index (κ2) is 13.7. The van der Waals surface area contributed by atoms with Crippen molar-refractivity contribution in [2.75, 3.05) is 23.7 Å². The lowest BCUT2D eigenvalue weighted by Gasteiger charge is -2.34. The maximum Gasteiger partial charge on any atom is 0.244 e. The molecule has 0 saturated carbocycles. The Hall–Kier alpha value is -3.50. The Labute approximate surface area is 238 Å². The normalized spacial score (nSPS) is 12.2. The van der Waals surface area contributed by atoms with E-state index in [0.29, 0.717) is 27.5 Å². The molecule has 7 nitrogen and oxygen atoms in total. The fourth-order valence-corrected chi connectivity index (χ4v) is 5.08. The first-order valence-corrected chi connectivity index (χ1v) is 14.9. The highest BCUT2D eigenvalue weighted by molar-refractivity contribution is 7.92. The maximum atomic E-state index is 14.0. The van der Waals surface area contributed by atoms with Gasteiger partial charge < -0.3 is 10.2 Å². The highest BCUT2D eigenvalue weighted by atomic mass is 35.5. The van der Waals surface area contributed by atoms with Crippen molar-refractivity contribution >= 4 is 39.1 Å². The minimum atomic E-state index is -4.11. The molecule has 0 aromatic heterocycles. The Bertz CT molecular complexity index is 1440. The number of rotatable bonds is 12. The minimum absolute atomic E-state index is 0.0967. The third-order valence-corrected chi connectivity index (χ3v) is 7.63. The summed E-state index contributed by atoms with van der Waals surface area (Å²) in [6.07, 6.45) is 1.00. The number of hydrogen-bond donors (Lipinski definition) is 1. The van der Waals surface area contributed by atoms with Crippen LogP contribution >= 0.6 is 11.6 Å². The molecule has 0 unspecified atom stereocenters. The van der Waals surface area contributed by atoms with E-state index in [9.17, 15) is 26.8 Å². The summed E-state index contributed by atoms with van der Waals surface area (Å²) in [5.41, 5.74) is 1.10. The molecule has 1 N–H and O–H groups in total. The molecule has 40 heavy (non-hydrogen) atoms. The van der Waals surface area contributed by atoms with Crippen LogP contribution in [0.2, 0.25) is 5.02 Å². The Kier molecular flexibility index (Phi) is 10.6. The van der Waals surface area contributed by atoms with Crippen molar-refractivity contribution in [2.24, 2.45) is 5.92 Å². The van der Waals surface area contributed by atoms with Crippen molar-refractivity contribution in [1.82, 2.24) is 10.2 Å². The topological polar surface area (TPSA) is 86.8 Å². The van der Waals surface area contributed by atoms with Crippen LogP contribution in [0.1, 0.15) is 25.0 Å². The average Bonchev–Trinajstić information content (AvgIpc) is 2.90. The maximum absolute atomic E-state index is 14.0. The number of carbonyl (C=O) groups excluding carboxylic acids is 2. The SMILES string of the molecule is CC(C)CNC(=O)[C@@H](Cc1ccccc1)N(Cc1ccccc1Cl)C(=O)CN(c1ccc(F)c(F)c1)S(C)(=O)=O. The molecule has 0 fully saturated rings. The van der Waals surface area contributed by atoms with Gasteiger partial charge in [0.2, 0.25) is 21.8 Å². The summed E-state index contributed by atoms with van der Waals surface area (Å²) in [5.74, 6) is -3.43. The van der Waals surface area contributed by atoms with E-state index in [2.05, 4.69) is 5.32 Å². The average molecular weight is 592 g/mol. The van der Waals surface area contributed by atoms with E-state index in [-0.39, 0.29) is 24.6 Å². The van der Waals surface area contributed by atoms with Crippen LogP contribution in [0.15, 0.2) is 72.8 Å². The molecule has 3 aromatic rings. The van der Waals surface area contributed by atoms with Gasteiger partial charge >= 0.3 is 0 Å². The zero-order valence-electron chi connectivity index (χ0n) is 22.5. The number of nitrogens with zero attached hydrogens (tertiary/aromatic N) is 2. The predicted molar refractivity (Wildman–Crippen MR) is 152 cm³/mol. The summed E-state index contributed by atoms with van der Waals surface area (Å²) in [7, 11) is -4.11. The molecule has 3 rings (SSSR count). The lowest BCUT2D eigenvalue weighted by Crippen LogP contribution is -2.53. The summed E-state index contributed by atoms with van der Waals surface area (Å²) in [6, 6.07) is 17.4. The van der Waals surface area contributed by atoms with Gasteiger partial charge in [0.15, 0.2) is 11.6 Å². The standard InChI is InChI=1S/C29H32ClF2N3O4S/c1-20(2)17-33-29(37)27(15-21-9-5-4-6-10-21)34(18-22-11-7-8-12-24(22)30)28(36)19-35(40(3,38)39)23-13-14-25(31)26(32)16-23/h4-14,16,20,27H,15,17-19H2,1-3H3,(H,33,37)/t27-/m1/s1. The van der Waals surface area contributed by atoms with Crippen molar-refractivity contribution in [2.45, 2.75) is 32.9 Å². The minimum Gasteiger partial charge on any atom is -0.354 e. The molecule has 0 aliphatic heterocycles. The van der Waals surface area contributed by atoms with Crippen LogP contribution < -0.4 is 9.62 Å². The van der Waals surface area contributed by atoms with Crippen LogP contribution in [0.5, 0.6) is 0 Å². The Morgan fingerprint density at radius 2 is 1.60 bits per heavy atom. The predicted octanol–water partition coefficient (Wildman–Crippen LogP) is 4.80. The molecule has 1 atom stereocenters. The van der Waals surface area contributed by atoms with Gasteiger partial charge in [-0.05, 0) is 35.2 Å². The summed E-state index contributed by atoms with van der Waals surface area (Å²) in [6.45, 7) is 3.38. The molecule has 0 bridgehead atoms. The number of anilines is 1. The molecule has 0 aliphatic rings. The number of sulfonamides is 1. The molecule has 0 saturated heterocycles. The molecule has 214 valence electrons. The molecular weight excluding hydrogens is 560 g/mol. The summed E-state index contributed by atoms with van der Waals surface area (Å²) >= 11 is 6.40. The Morgan fingerprint density at radius 3 is 2.20 bits per heavy atom. The second-order valence-electron chi connectivity index (χ2n) is 9.83. The van der Waals surface area contributed by atoms with Crippen molar-refractivity contribution in [3.63, 3.8) is 0 Å². The number of carbonyl (C=O) groups is 2. The second-order valence-corrected chi connectivity index (χ2v) is 12.1. The third kappa shape index (κ3) is 8.50. The highest BCUT2D eigenvalue weighted by Gasteiger charge is 2.33. The van der Waals surface area contributed by atoms with Crippen LogP contribution in [0, 0.1) is 17.6 Å². The number of benzene rings is 3. The highest BCUT2D eigenvalue weighted by Crippen LogP contribution is 2.24. The van der Waals surface area contributed by atoms with Crippen LogP contribution in [-0.2, 0) is 32.6 Å².